The van der Waals surface area contributed by atoms with Crippen LogP contribution in [0.3, 0.4) is 0 Å². The summed E-state index contributed by atoms with van der Waals surface area (Å²) in [6.07, 6.45) is 0. The van der Waals surface area contributed by atoms with Crippen molar-refractivity contribution in [1.29, 1.82) is 0 Å². The van der Waals surface area contributed by atoms with E-state index in [9.17, 15) is 4.79 Å². The van der Waals surface area contributed by atoms with Gasteiger partial charge in [-0.15, -0.1) is 5.10 Å². The van der Waals surface area contributed by atoms with Crippen LogP contribution in [0, 0.1) is 0 Å². The molecule has 0 amide bonds. The molecule has 8 heteroatoms. The van der Waals surface area contributed by atoms with Crippen molar-refractivity contribution in [2.24, 2.45) is 0 Å². The number of rotatable bonds is 6. The highest BCUT2D eigenvalue weighted by Gasteiger charge is 2.15. The summed E-state index contributed by atoms with van der Waals surface area (Å²) in [6, 6.07) is 12.2. The Morgan fingerprint density at radius 2 is 2.04 bits per heavy atom. The van der Waals surface area contributed by atoms with Crippen LogP contribution >= 0.6 is 35.0 Å². The molecule has 128 valence electrons. The molecule has 5 nitrogen and oxygen atoms in total. The van der Waals surface area contributed by atoms with Crippen LogP contribution in [0.4, 0.5) is 0 Å². The number of aromatic nitrogens is 3. The van der Waals surface area contributed by atoms with Gasteiger partial charge in [0.15, 0.2) is 11.6 Å². The average molecular weight is 394 g/mol. The Kier molecular flexibility index (Phi) is 5.63. The Labute approximate surface area is 158 Å². The van der Waals surface area contributed by atoms with Gasteiger partial charge in [0.2, 0.25) is 5.16 Å². The molecule has 0 atom stereocenters. The number of methoxy groups -OCH3 is 1. The van der Waals surface area contributed by atoms with Crippen molar-refractivity contribution in [2.45, 2.75) is 5.16 Å². The molecule has 3 rings (SSSR count). The molecule has 0 saturated carbocycles. The van der Waals surface area contributed by atoms with Gasteiger partial charge in [-0.05, 0) is 30.3 Å². The Hall–Kier alpha value is -2.02. The number of ketones is 1. The first kappa shape index (κ1) is 17.8. The van der Waals surface area contributed by atoms with Gasteiger partial charge in [0.05, 0.1) is 23.4 Å². The molecule has 3 aromatic rings. The summed E-state index contributed by atoms with van der Waals surface area (Å²) in [6.45, 7) is 0. The molecule has 0 saturated heterocycles. The fourth-order valence-corrected chi connectivity index (χ4v) is 3.29. The lowest BCUT2D eigenvalue weighted by molar-refractivity contribution is 0.102. The van der Waals surface area contributed by atoms with Crippen LogP contribution in [0.5, 0.6) is 5.75 Å². The van der Waals surface area contributed by atoms with E-state index in [2.05, 4.69) is 15.2 Å². The van der Waals surface area contributed by atoms with E-state index in [0.29, 0.717) is 37.9 Å². The van der Waals surface area contributed by atoms with E-state index in [1.807, 2.05) is 0 Å². The summed E-state index contributed by atoms with van der Waals surface area (Å²) in [5.74, 6) is 1.26. The molecule has 0 spiro atoms. The van der Waals surface area contributed by atoms with Crippen LogP contribution in [0.15, 0.2) is 47.6 Å². The maximum Gasteiger partial charge on any atom is 0.209 e. The first-order valence-corrected chi connectivity index (χ1v) is 8.99. The normalized spacial score (nSPS) is 10.7. The third-order valence-corrected chi connectivity index (χ3v) is 4.80. The first-order chi connectivity index (χ1) is 12.1. The van der Waals surface area contributed by atoms with Crippen molar-refractivity contribution >= 4 is 40.7 Å². The van der Waals surface area contributed by atoms with Crippen LogP contribution in [0.2, 0.25) is 10.0 Å². The van der Waals surface area contributed by atoms with Crippen molar-refractivity contribution in [3.05, 3.63) is 58.1 Å². The van der Waals surface area contributed by atoms with Gasteiger partial charge in [0.1, 0.15) is 5.75 Å². The molecule has 0 aliphatic rings. The van der Waals surface area contributed by atoms with Crippen molar-refractivity contribution in [3.63, 3.8) is 0 Å². The zero-order valence-corrected chi connectivity index (χ0v) is 15.5. The Bertz CT molecular complexity index is 914. The number of H-pyrrole nitrogens is 1. The molecular formula is C17H13Cl2N3O2S. The van der Waals surface area contributed by atoms with Crippen molar-refractivity contribution in [1.82, 2.24) is 15.2 Å². The highest BCUT2D eigenvalue weighted by molar-refractivity contribution is 7.99. The predicted molar refractivity (Wildman–Crippen MR) is 99.9 cm³/mol. The lowest BCUT2D eigenvalue weighted by atomic mass is 10.1. The van der Waals surface area contributed by atoms with Crippen molar-refractivity contribution in [2.75, 3.05) is 12.9 Å². The number of carbonyl (C=O) groups is 1. The van der Waals surface area contributed by atoms with Gasteiger partial charge in [-0.2, -0.15) is 0 Å². The van der Waals surface area contributed by atoms with Gasteiger partial charge in [-0.1, -0.05) is 47.1 Å². The number of halogens is 2. The Morgan fingerprint density at radius 1 is 1.24 bits per heavy atom. The molecule has 0 radical (unpaired) electrons. The van der Waals surface area contributed by atoms with Gasteiger partial charge in [0, 0.05) is 10.6 Å². The van der Waals surface area contributed by atoms with E-state index in [-0.39, 0.29) is 11.5 Å². The molecule has 0 fully saturated rings. The smallest absolute Gasteiger partial charge is 0.209 e. The summed E-state index contributed by atoms with van der Waals surface area (Å²) in [7, 11) is 1.57. The van der Waals surface area contributed by atoms with E-state index >= 15 is 0 Å². The van der Waals surface area contributed by atoms with Crippen LogP contribution < -0.4 is 4.74 Å². The quantitative estimate of drug-likeness (QED) is 0.482. The fourth-order valence-electron chi connectivity index (χ4n) is 2.19. The average Bonchev–Trinajstić information content (AvgIpc) is 3.09. The van der Waals surface area contributed by atoms with Gasteiger partial charge in [-0.3, -0.25) is 9.89 Å². The minimum atomic E-state index is -0.0812. The number of nitrogens with one attached hydrogen (secondary N) is 1. The number of hydrogen-bond acceptors (Lipinski definition) is 5. The van der Waals surface area contributed by atoms with Gasteiger partial charge in [-0.25, -0.2) is 4.98 Å². The zero-order valence-electron chi connectivity index (χ0n) is 13.1. The second-order valence-electron chi connectivity index (χ2n) is 5.00. The summed E-state index contributed by atoms with van der Waals surface area (Å²) in [4.78, 5) is 16.6. The number of carbonyl (C=O) groups excluding carboxylic acids is 1. The lowest BCUT2D eigenvalue weighted by Gasteiger charge is -2.05. The fraction of sp³-hybridized carbons (Fsp3) is 0.118. The molecule has 1 aromatic heterocycles. The van der Waals surface area contributed by atoms with E-state index in [4.69, 9.17) is 27.9 Å². The van der Waals surface area contributed by atoms with E-state index < -0.39 is 0 Å². The van der Waals surface area contributed by atoms with Gasteiger partial charge in [0.25, 0.3) is 0 Å². The highest BCUT2D eigenvalue weighted by atomic mass is 35.5. The molecule has 0 aliphatic heterocycles. The SMILES string of the molecule is COc1ccc(Cl)cc1-c1nc(SCC(=O)c2ccccc2Cl)n[nH]1. The number of hydrogen-bond donors (Lipinski definition) is 1. The predicted octanol–water partition coefficient (Wildman–Crippen LogP) is 4.76. The summed E-state index contributed by atoms with van der Waals surface area (Å²) >= 11 is 13.3. The highest BCUT2D eigenvalue weighted by Crippen LogP contribution is 2.31. The monoisotopic (exact) mass is 393 g/mol. The molecule has 25 heavy (non-hydrogen) atoms. The summed E-state index contributed by atoms with van der Waals surface area (Å²) < 4.78 is 5.31. The number of thioether (sulfide) groups is 1. The molecular weight excluding hydrogens is 381 g/mol. The summed E-state index contributed by atoms with van der Waals surface area (Å²) in [5.41, 5.74) is 1.19. The van der Waals surface area contributed by atoms with E-state index in [0.717, 1.165) is 0 Å². The molecule has 1 heterocycles. The lowest BCUT2D eigenvalue weighted by Crippen LogP contribution is -2.03. The Morgan fingerprint density at radius 3 is 2.80 bits per heavy atom. The van der Waals surface area contributed by atoms with Gasteiger partial charge < -0.3 is 4.74 Å². The largest absolute Gasteiger partial charge is 0.496 e. The van der Waals surface area contributed by atoms with E-state index in [1.165, 1.54) is 11.8 Å². The molecule has 2 aromatic carbocycles. The molecule has 0 bridgehead atoms. The number of Topliss-reactive ketones (excluding diaryl/α,β-unsaturated/α-hetero) is 1. The number of ether oxygens (including phenoxy) is 1. The number of aromatic amines is 1. The minimum Gasteiger partial charge on any atom is -0.496 e. The van der Waals surface area contributed by atoms with Gasteiger partial charge >= 0.3 is 0 Å². The number of nitrogens with zero attached hydrogens (tertiary/aromatic N) is 2. The van der Waals surface area contributed by atoms with Crippen molar-refractivity contribution < 1.29 is 9.53 Å². The zero-order chi connectivity index (χ0) is 17.8. The van der Waals surface area contributed by atoms with Crippen LogP contribution in [0.1, 0.15) is 10.4 Å². The maximum atomic E-state index is 12.3. The molecule has 0 unspecified atom stereocenters. The minimum absolute atomic E-state index is 0.0812. The number of benzene rings is 2. The van der Waals surface area contributed by atoms with Crippen LogP contribution in [-0.2, 0) is 0 Å². The molecule has 1 N–H and O–H groups in total. The maximum absolute atomic E-state index is 12.3. The Balaban J connectivity index is 1.74. The second kappa shape index (κ2) is 7.91. The van der Waals surface area contributed by atoms with Crippen molar-refractivity contribution in [3.8, 4) is 17.1 Å². The topological polar surface area (TPSA) is 67.9 Å². The second-order valence-corrected chi connectivity index (χ2v) is 6.79. The first-order valence-electron chi connectivity index (χ1n) is 7.25. The van der Waals surface area contributed by atoms with Crippen LogP contribution in [-0.4, -0.2) is 33.8 Å². The standard InChI is InChI=1S/C17H13Cl2N3O2S/c1-24-15-7-6-10(18)8-12(15)16-20-17(22-21-16)25-9-14(23)11-4-2-3-5-13(11)19/h2-8H,9H2,1H3,(H,20,21,22). The summed E-state index contributed by atoms with van der Waals surface area (Å²) in [5, 5.41) is 8.43. The van der Waals surface area contributed by atoms with E-state index in [1.54, 1.807) is 49.6 Å². The molecule has 0 aliphatic carbocycles. The third kappa shape index (κ3) is 4.15. The third-order valence-electron chi connectivity index (χ3n) is 3.39. The van der Waals surface area contributed by atoms with Crippen LogP contribution in [0.25, 0.3) is 11.4 Å².